The zero-order valence-corrected chi connectivity index (χ0v) is 13.4. The van der Waals surface area contributed by atoms with Gasteiger partial charge in [0.15, 0.2) is 0 Å². The molecule has 6 heteroatoms. The molecule has 0 spiro atoms. The third-order valence-corrected chi connectivity index (χ3v) is 5.35. The maximum Gasteiger partial charge on any atom is 0.266 e. The minimum Gasteiger partial charge on any atom is -0.397 e. The van der Waals surface area contributed by atoms with Crippen LogP contribution in [0.25, 0.3) is 10.1 Å². The summed E-state index contributed by atoms with van der Waals surface area (Å²) >= 11 is 2.99. The van der Waals surface area contributed by atoms with Crippen LogP contribution in [-0.4, -0.2) is 22.8 Å². The predicted molar refractivity (Wildman–Crippen MR) is 88.9 cm³/mol. The van der Waals surface area contributed by atoms with E-state index in [1.165, 1.54) is 22.7 Å². The van der Waals surface area contributed by atoms with Crippen LogP contribution in [0.4, 0.5) is 5.69 Å². The van der Waals surface area contributed by atoms with Gasteiger partial charge >= 0.3 is 0 Å². The second-order valence-corrected chi connectivity index (χ2v) is 6.68. The van der Waals surface area contributed by atoms with Gasteiger partial charge in [-0.1, -0.05) is 18.2 Å². The molecular weight excluding hydrogens is 302 g/mol. The summed E-state index contributed by atoms with van der Waals surface area (Å²) in [5.74, 6) is -0.0545. The number of amides is 1. The number of benzene rings is 1. The Labute approximate surface area is 130 Å². The fraction of sp³-hybridized carbons (Fsp3) is 0.200. The smallest absolute Gasteiger partial charge is 0.266 e. The molecule has 1 amide bonds. The summed E-state index contributed by atoms with van der Waals surface area (Å²) in [6, 6.07) is 5.96. The fourth-order valence-electron chi connectivity index (χ4n) is 2.24. The first-order valence-electron chi connectivity index (χ1n) is 6.48. The average Bonchev–Trinajstić information content (AvgIpc) is 3.08. The Morgan fingerprint density at radius 1 is 1.43 bits per heavy atom. The Morgan fingerprint density at radius 2 is 2.24 bits per heavy atom. The number of anilines is 1. The third kappa shape index (κ3) is 2.52. The second kappa shape index (κ2) is 5.46. The van der Waals surface area contributed by atoms with Crippen molar-refractivity contribution in [2.75, 3.05) is 12.8 Å². The van der Waals surface area contributed by atoms with Crippen molar-refractivity contribution >= 4 is 44.4 Å². The van der Waals surface area contributed by atoms with Crippen LogP contribution in [0.3, 0.4) is 0 Å². The van der Waals surface area contributed by atoms with E-state index >= 15 is 0 Å². The molecule has 0 fully saturated rings. The van der Waals surface area contributed by atoms with Crippen LogP contribution in [0.2, 0.25) is 0 Å². The van der Waals surface area contributed by atoms with Gasteiger partial charge in [-0.25, -0.2) is 4.98 Å². The summed E-state index contributed by atoms with van der Waals surface area (Å²) in [5, 5.41) is 2.91. The lowest BCUT2D eigenvalue weighted by atomic mass is 10.1. The van der Waals surface area contributed by atoms with E-state index in [1.807, 2.05) is 30.5 Å². The van der Waals surface area contributed by atoms with E-state index in [-0.39, 0.29) is 5.91 Å². The summed E-state index contributed by atoms with van der Waals surface area (Å²) in [6.07, 6.45) is 0. The van der Waals surface area contributed by atoms with Crippen molar-refractivity contribution < 1.29 is 4.79 Å². The van der Waals surface area contributed by atoms with Gasteiger partial charge in [0.25, 0.3) is 5.91 Å². The maximum absolute atomic E-state index is 12.6. The van der Waals surface area contributed by atoms with E-state index in [0.717, 1.165) is 21.3 Å². The Bertz CT molecular complexity index is 793. The lowest BCUT2D eigenvalue weighted by molar-refractivity contribution is 0.0789. The number of aromatic nitrogens is 1. The molecule has 0 unspecified atom stereocenters. The van der Waals surface area contributed by atoms with E-state index < -0.39 is 0 Å². The Balaban J connectivity index is 1.94. The first-order valence-corrected chi connectivity index (χ1v) is 8.24. The Morgan fingerprint density at radius 3 is 2.90 bits per heavy atom. The molecule has 0 aliphatic heterocycles. The number of nitrogens with zero attached hydrogens (tertiary/aromatic N) is 2. The predicted octanol–water partition coefficient (Wildman–Crippen LogP) is 3.52. The van der Waals surface area contributed by atoms with E-state index in [4.69, 9.17) is 5.73 Å². The van der Waals surface area contributed by atoms with Gasteiger partial charge in [0.1, 0.15) is 4.88 Å². The van der Waals surface area contributed by atoms with Gasteiger partial charge in [-0.2, -0.15) is 0 Å². The molecule has 2 heterocycles. The topological polar surface area (TPSA) is 59.2 Å². The van der Waals surface area contributed by atoms with Crippen LogP contribution in [-0.2, 0) is 6.54 Å². The van der Waals surface area contributed by atoms with Gasteiger partial charge in [0, 0.05) is 22.5 Å². The zero-order valence-electron chi connectivity index (χ0n) is 11.8. The molecule has 0 radical (unpaired) electrons. The number of carbonyl (C=O) groups excluding carboxylic acids is 1. The number of thiazole rings is 1. The van der Waals surface area contributed by atoms with Gasteiger partial charge in [-0.05, 0) is 12.5 Å². The van der Waals surface area contributed by atoms with Crippen molar-refractivity contribution in [1.82, 2.24) is 9.88 Å². The van der Waals surface area contributed by atoms with Gasteiger partial charge in [-0.3, -0.25) is 4.79 Å². The van der Waals surface area contributed by atoms with Crippen LogP contribution in [0.5, 0.6) is 0 Å². The molecule has 0 aliphatic carbocycles. The molecule has 3 aromatic rings. The quantitative estimate of drug-likeness (QED) is 0.804. The molecule has 2 aromatic heterocycles. The van der Waals surface area contributed by atoms with Crippen LogP contribution < -0.4 is 5.73 Å². The summed E-state index contributed by atoms with van der Waals surface area (Å²) < 4.78 is 1.08. The van der Waals surface area contributed by atoms with Crippen molar-refractivity contribution in [3.8, 4) is 0 Å². The SMILES string of the molecule is Cc1cccc2c(N)c(C(=O)N(C)Cc3cscn3)sc12. The molecule has 1 aromatic carbocycles. The third-order valence-electron chi connectivity index (χ3n) is 3.37. The number of nitrogens with two attached hydrogens (primary N) is 1. The Hall–Kier alpha value is -1.92. The van der Waals surface area contributed by atoms with Crippen molar-refractivity contribution in [2.45, 2.75) is 13.5 Å². The number of nitrogen functional groups attached to an aromatic ring is 1. The summed E-state index contributed by atoms with van der Waals surface area (Å²) in [5.41, 5.74) is 10.6. The first kappa shape index (κ1) is 14.0. The molecular formula is C15H15N3OS2. The zero-order chi connectivity index (χ0) is 15.0. The van der Waals surface area contributed by atoms with Crippen LogP contribution >= 0.6 is 22.7 Å². The highest BCUT2D eigenvalue weighted by molar-refractivity contribution is 7.21. The molecule has 4 nitrogen and oxygen atoms in total. The van der Waals surface area contributed by atoms with Gasteiger partial charge in [0.2, 0.25) is 0 Å². The number of hydrogen-bond donors (Lipinski definition) is 1. The van der Waals surface area contributed by atoms with E-state index in [2.05, 4.69) is 4.98 Å². The minimum atomic E-state index is -0.0545. The number of aryl methyl sites for hydroxylation is 1. The maximum atomic E-state index is 12.6. The van der Waals surface area contributed by atoms with Crippen molar-refractivity contribution in [3.05, 3.63) is 45.2 Å². The molecule has 0 atom stereocenters. The van der Waals surface area contributed by atoms with Crippen LogP contribution in [0.15, 0.2) is 29.1 Å². The average molecular weight is 317 g/mol. The molecule has 0 aliphatic rings. The highest BCUT2D eigenvalue weighted by Crippen LogP contribution is 2.36. The number of rotatable bonds is 3. The normalized spacial score (nSPS) is 11.0. The van der Waals surface area contributed by atoms with Gasteiger partial charge in [0.05, 0.1) is 23.4 Å². The summed E-state index contributed by atoms with van der Waals surface area (Å²) in [4.78, 5) is 19.1. The van der Waals surface area contributed by atoms with Crippen LogP contribution in [0, 0.1) is 6.92 Å². The largest absolute Gasteiger partial charge is 0.397 e. The highest BCUT2D eigenvalue weighted by atomic mass is 32.1. The highest BCUT2D eigenvalue weighted by Gasteiger charge is 2.20. The number of carbonyl (C=O) groups is 1. The van der Waals surface area contributed by atoms with Crippen LogP contribution in [0.1, 0.15) is 20.9 Å². The molecule has 0 saturated heterocycles. The van der Waals surface area contributed by atoms with E-state index in [0.29, 0.717) is 17.1 Å². The van der Waals surface area contributed by atoms with Gasteiger partial charge in [-0.15, -0.1) is 22.7 Å². The molecule has 21 heavy (non-hydrogen) atoms. The summed E-state index contributed by atoms with van der Waals surface area (Å²) in [6.45, 7) is 2.53. The number of fused-ring (bicyclic) bond motifs is 1. The lowest BCUT2D eigenvalue weighted by Crippen LogP contribution is -2.26. The molecule has 0 saturated carbocycles. The van der Waals surface area contributed by atoms with E-state index in [1.54, 1.807) is 17.5 Å². The fourth-order valence-corrected chi connectivity index (χ4v) is 3.98. The summed E-state index contributed by atoms with van der Waals surface area (Å²) in [7, 11) is 1.78. The van der Waals surface area contributed by atoms with Crippen molar-refractivity contribution in [2.24, 2.45) is 0 Å². The minimum absolute atomic E-state index is 0.0545. The van der Waals surface area contributed by atoms with Gasteiger partial charge < -0.3 is 10.6 Å². The number of thiophene rings is 1. The molecule has 108 valence electrons. The first-order chi connectivity index (χ1) is 10.1. The lowest BCUT2D eigenvalue weighted by Gasteiger charge is -2.15. The molecule has 2 N–H and O–H groups in total. The standard InChI is InChI=1S/C15H15N3OS2/c1-9-4-3-5-11-12(16)14(21-13(9)11)15(19)18(2)6-10-7-20-8-17-10/h3-5,7-8H,6,16H2,1-2H3. The van der Waals surface area contributed by atoms with E-state index in [9.17, 15) is 4.79 Å². The number of hydrogen-bond acceptors (Lipinski definition) is 5. The Kier molecular flexibility index (Phi) is 3.65. The second-order valence-electron chi connectivity index (χ2n) is 4.94. The molecule has 3 rings (SSSR count). The molecule has 0 bridgehead atoms. The van der Waals surface area contributed by atoms with Crippen molar-refractivity contribution in [3.63, 3.8) is 0 Å². The van der Waals surface area contributed by atoms with Crippen molar-refractivity contribution in [1.29, 1.82) is 0 Å². The monoisotopic (exact) mass is 317 g/mol.